The summed E-state index contributed by atoms with van der Waals surface area (Å²) in [5.41, 5.74) is 7.46. The quantitative estimate of drug-likeness (QED) is 0.904. The van der Waals surface area contributed by atoms with Gasteiger partial charge in [-0.15, -0.1) is 0 Å². The van der Waals surface area contributed by atoms with Gasteiger partial charge in [-0.1, -0.05) is 22.0 Å². The van der Waals surface area contributed by atoms with Gasteiger partial charge in [-0.2, -0.15) is 0 Å². The van der Waals surface area contributed by atoms with Crippen LogP contribution in [-0.4, -0.2) is 7.11 Å². The third kappa shape index (κ3) is 3.49. The van der Waals surface area contributed by atoms with E-state index in [-0.39, 0.29) is 18.2 Å². The van der Waals surface area contributed by atoms with Crippen LogP contribution in [0.25, 0.3) is 0 Å². The molecule has 2 N–H and O–H groups in total. The summed E-state index contributed by atoms with van der Waals surface area (Å²) in [5, 5.41) is 0. The molecule has 0 saturated carbocycles. The van der Waals surface area contributed by atoms with Gasteiger partial charge in [-0.25, -0.2) is 4.39 Å². The van der Waals surface area contributed by atoms with E-state index in [4.69, 9.17) is 15.2 Å². The maximum atomic E-state index is 13.6. The summed E-state index contributed by atoms with van der Waals surface area (Å²) in [4.78, 5) is 0. The lowest BCUT2D eigenvalue weighted by Crippen LogP contribution is -2.03. The second kappa shape index (κ2) is 6.72. The lowest BCUT2D eigenvalue weighted by molar-refractivity contribution is 0.289. The highest BCUT2D eigenvalue weighted by Gasteiger charge is 2.06. The molecule has 3 nitrogen and oxygen atoms in total. The molecule has 0 radical (unpaired) electrons. The molecule has 0 aromatic heterocycles. The Bertz CT molecular complexity index is 604. The summed E-state index contributed by atoms with van der Waals surface area (Å²) in [5.74, 6) is 0.565. The fourth-order valence-corrected chi connectivity index (χ4v) is 2.17. The predicted octanol–water partition coefficient (Wildman–Crippen LogP) is 3.63. The first kappa shape index (κ1) is 14.8. The Labute approximate surface area is 125 Å². The van der Waals surface area contributed by atoms with Gasteiger partial charge in [0.1, 0.15) is 12.4 Å². The average molecular weight is 340 g/mol. The summed E-state index contributed by atoms with van der Waals surface area (Å²) in [6.45, 7) is 0.645. The van der Waals surface area contributed by atoms with Crippen LogP contribution in [0.1, 0.15) is 11.1 Å². The molecule has 0 aliphatic heterocycles. The molecule has 0 atom stereocenters. The molecule has 0 unspecified atom stereocenters. The van der Waals surface area contributed by atoms with Crippen molar-refractivity contribution in [3.05, 3.63) is 57.8 Å². The van der Waals surface area contributed by atoms with E-state index in [1.54, 1.807) is 19.2 Å². The highest BCUT2D eigenvalue weighted by molar-refractivity contribution is 9.10. The maximum absolute atomic E-state index is 13.6. The Morgan fingerprint density at radius 3 is 2.65 bits per heavy atom. The van der Waals surface area contributed by atoms with Gasteiger partial charge in [0.05, 0.1) is 7.11 Å². The van der Waals surface area contributed by atoms with E-state index in [1.165, 1.54) is 6.07 Å². The summed E-state index contributed by atoms with van der Waals surface area (Å²) in [6.07, 6.45) is 0. The zero-order valence-corrected chi connectivity index (χ0v) is 12.6. The summed E-state index contributed by atoms with van der Waals surface area (Å²) < 4.78 is 25.0. The number of hydrogen-bond acceptors (Lipinski definition) is 3. The Balaban J connectivity index is 2.12. The van der Waals surface area contributed by atoms with E-state index in [0.29, 0.717) is 6.54 Å². The van der Waals surface area contributed by atoms with Gasteiger partial charge in [0.15, 0.2) is 11.6 Å². The number of halogens is 2. The van der Waals surface area contributed by atoms with Crippen molar-refractivity contribution in [1.82, 2.24) is 0 Å². The van der Waals surface area contributed by atoms with Crippen molar-refractivity contribution in [1.29, 1.82) is 0 Å². The molecule has 0 heterocycles. The largest absolute Gasteiger partial charge is 0.496 e. The first-order chi connectivity index (χ1) is 9.63. The molecule has 5 heteroatoms. The van der Waals surface area contributed by atoms with Crippen molar-refractivity contribution in [2.24, 2.45) is 5.73 Å². The highest BCUT2D eigenvalue weighted by atomic mass is 79.9. The van der Waals surface area contributed by atoms with Crippen LogP contribution >= 0.6 is 15.9 Å². The third-order valence-electron chi connectivity index (χ3n) is 2.85. The Kier molecular flexibility index (Phi) is 4.98. The fraction of sp³-hybridized carbons (Fsp3) is 0.200. The second-order valence-electron chi connectivity index (χ2n) is 4.21. The molecule has 20 heavy (non-hydrogen) atoms. The van der Waals surface area contributed by atoms with Crippen molar-refractivity contribution < 1.29 is 13.9 Å². The number of hydrogen-bond donors (Lipinski definition) is 1. The van der Waals surface area contributed by atoms with E-state index < -0.39 is 0 Å². The molecule has 2 aromatic carbocycles. The zero-order chi connectivity index (χ0) is 14.5. The maximum Gasteiger partial charge on any atom is 0.165 e. The monoisotopic (exact) mass is 339 g/mol. The van der Waals surface area contributed by atoms with Gasteiger partial charge >= 0.3 is 0 Å². The standard InChI is InChI=1S/C15H15BrFNO2/c1-19-14-5-2-10(6-11(14)8-18)9-20-15-7-12(16)3-4-13(15)17/h2-7H,8-9,18H2,1H3. The van der Waals surface area contributed by atoms with E-state index >= 15 is 0 Å². The van der Waals surface area contributed by atoms with Crippen molar-refractivity contribution in [3.63, 3.8) is 0 Å². The lowest BCUT2D eigenvalue weighted by atomic mass is 10.1. The Morgan fingerprint density at radius 2 is 1.95 bits per heavy atom. The summed E-state index contributed by atoms with van der Waals surface area (Å²) in [6, 6.07) is 10.2. The number of ether oxygens (including phenoxy) is 2. The summed E-state index contributed by atoms with van der Waals surface area (Å²) >= 11 is 3.28. The summed E-state index contributed by atoms with van der Waals surface area (Å²) in [7, 11) is 1.60. The zero-order valence-electron chi connectivity index (χ0n) is 11.0. The smallest absolute Gasteiger partial charge is 0.165 e. The average Bonchev–Trinajstić information content (AvgIpc) is 2.47. The van der Waals surface area contributed by atoms with E-state index in [2.05, 4.69) is 15.9 Å². The fourth-order valence-electron chi connectivity index (χ4n) is 1.83. The van der Waals surface area contributed by atoms with Crippen LogP contribution in [-0.2, 0) is 13.2 Å². The van der Waals surface area contributed by atoms with Crippen LogP contribution in [0.15, 0.2) is 40.9 Å². The minimum atomic E-state index is -0.388. The molecule has 0 spiro atoms. The van der Waals surface area contributed by atoms with E-state index in [0.717, 1.165) is 21.3 Å². The Hall–Kier alpha value is -1.59. The Morgan fingerprint density at radius 1 is 1.15 bits per heavy atom. The third-order valence-corrected chi connectivity index (χ3v) is 3.35. The number of methoxy groups -OCH3 is 1. The van der Waals surface area contributed by atoms with E-state index in [9.17, 15) is 4.39 Å². The van der Waals surface area contributed by atoms with Crippen LogP contribution in [0.5, 0.6) is 11.5 Å². The van der Waals surface area contributed by atoms with Gasteiger partial charge in [0.2, 0.25) is 0 Å². The van der Waals surface area contributed by atoms with Crippen LogP contribution in [0.2, 0.25) is 0 Å². The minimum absolute atomic E-state index is 0.212. The first-order valence-corrected chi connectivity index (χ1v) is 6.87. The normalized spacial score (nSPS) is 10.4. The molecule has 0 aliphatic carbocycles. The van der Waals surface area contributed by atoms with Crippen molar-refractivity contribution in [2.45, 2.75) is 13.2 Å². The van der Waals surface area contributed by atoms with Gasteiger partial charge in [0.25, 0.3) is 0 Å². The van der Waals surface area contributed by atoms with Gasteiger partial charge in [0, 0.05) is 16.6 Å². The van der Waals surface area contributed by atoms with Crippen LogP contribution in [0, 0.1) is 5.82 Å². The van der Waals surface area contributed by atoms with Crippen molar-refractivity contribution in [2.75, 3.05) is 7.11 Å². The van der Waals surface area contributed by atoms with Crippen LogP contribution in [0.4, 0.5) is 4.39 Å². The number of rotatable bonds is 5. The molecule has 0 bridgehead atoms. The number of nitrogens with two attached hydrogens (primary N) is 1. The van der Waals surface area contributed by atoms with Gasteiger partial charge in [-0.3, -0.25) is 0 Å². The molecule has 0 amide bonds. The molecule has 106 valence electrons. The molecule has 0 fully saturated rings. The van der Waals surface area contributed by atoms with Crippen molar-refractivity contribution >= 4 is 15.9 Å². The molecule has 0 saturated heterocycles. The van der Waals surface area contributed by atoms with Crippen LogP contribution < -0.4 is 15.2 Å². The molecule has 0 aliphatic rings. The first-order valence-electron chi connectivity index (χ1n) is 6.07. The second-order valence-corrected chi connectivity index (χ2v) is 5.13. The van der Waals surface area contributed by atoms with Crippen molar-refractivity contribution in [3.8, 4) is 11.5 Å². The highest BCUT2D eigenvalue weighted by Crippen LogP contribution is 2.24. The van der Waals surface area contributed by atoms with E-state index in [1.807, 2.05) is 18.2 Å². The van der Waals surface area contributed by atoms with Gasteiger partial charge in [-0.05, 0) is 35.9 Å². The van der Waals surface area contributed by atoms with Crippen LogP contribution in [0.3, 0.4) is 0 Å². The molecule has 2 rings (SSSR count). The molecule has 2 aromatic rings. The predicted molar refractivity (Wildman–Crippen MR) is 79.3 cm³/mol. The number of benzene rings is 2. The van der Waals surface area contributed by atoms with Gasteiger partial charge < -0.3 is 15.2 Å². The molecular weight excluding hydrogens is 325 g/mol. The minimum Gasteiger partial charge on any atom is -0.496 e. The molecular formula is C15H15BrFNO2. The topological polar surface area (TPSA) is 44.5 Å². The lowest BCUT2D eigenvalue weighted by Gasteiger charge is -2.11. The SMILES string of the molecule is COc1ccc(COc2cc(Br)ccc2F)cc1CN.